The molecule has 32 heavy (non-hydrogen) atoms. The van der Waals surface area contributed by atoms with E-state index in [1.807, 2.05) is 0 Å². The summed E-state index contributed by atoms with van der Waals surface area (Å²) in [7, 11) is -3.84. The van der Waals surface area contributed by atoms with Gasteiger partial charge in [0.2, 0.25) is 10.0 Å². The molecule has 0 aliphatic carbocycles. The third-order valence-corrected chi connectivity index (χ3v) is 5.68. The molecule has 0 saturated carbocycles. The zero-order valence-electron chi connectivity index (χ0n) is 16.6. The van der Waals surface area contributed by atoms with Crippen LogP contribution in [0.4, 0.5) is 11.4 Å². The maximum atomic E-state index is 12.9. The van der Waals surface area contributed by atoms with Crippen LogP contribution < -0.4 is 10.1 Å². The number of sulfonamides is 1. The van der Waals surface area contributed by atoms with Crippen molar-refractivity contribution in [2.24, 2.45) is 10.2 Å². The molecule has 0 fully saturated rings. The van der Waals surface area contributed by atoms with Crippen molar-refractivity contribution in [1.29, 1.82) is 0 Å². The minimum absolute atomic E-state index is 0.0248. The van der Waals surface area contributed by atoms with Crippen molar-refractivity contribution in [3.63, 3.8) is 0 Å². The van der Waals surface area contributed by atoms with Gasteiger partial charge in [0.15, 0.2) is 0 Å². The number of non-ortho nitro benzene ring substituents is 1. The molecule has 1 aliphatic rings. The first-order valence-electron chi connectivity index (χ1n) is 9.23. The van der Waals surface area contributed by atoms with Crippen LogP contribution in [0.15, 0.2) is 80.7 Å². The van der Waals surface area contributed by atoms with Gasteiger partial charge in [0.1, 0.15) is 11.5 Å². The van der Waals surface area contributed by atoms with Crippen LogP contribution in [-0.2, 0) is 14.8 Å². The van der Waals surface area contributed by atoms with E-state index in [9.17, 15) is 23.3 Å². The minimum atomic E-state index is -3.84. The summed E-state index contributed by atoms with van der Waals surface area (Å²) in [6.07, 6.45) is 1.55. The fourth-order valence-corrected chi connectivity index (χ4v) is 3.63. The summed E-state index contributed by atoms with van der Waals surface area (Å²) in [6.45, 7) is 1.67. The first-order valence-corrected chi connectivity index (χ1v) is 10.8. The van der Waals surface area contributed by atoms with Crippen LogP contribution in [0.5, 0.6) is 0 Å². The second-order valence-electron chi connectivity index (χ2n) is 6.91. The molecule has 1 amide bonds. The Morgan fingerprint density at radius 3 is 2.31 bits per heavy atom. The Morgan fingerprint density at radius 2 is 1.72 bits per heavy atom. The highest BCUT2D eigenvalue weighted by atomic mass is 32.2. The lowest BCUT2D eigenvalue weighted by molar-refractivity contribution is -0.384. The number of amides is 1. The number of benzene rings is 2. The van der Waals surface area contributed by atoms with Gasteiger partial charge in [0.05, 0.1) is 26.8 Å². The molecule has 1 aromatic heterocycles. The molecule has 3 aromatic rings. The topological polar surface area (TPSA) is 149 Å². The monoisotopic (exact) mass is 452 g/mol. The fourth-order valence-electron chi connectivity index (χ4n) is 3.11. The number of nitrogens with zero attached hydrogens (tertiary/aromatic N) is 3. The predicted molar refractivity (Wildman–Crippen MR) is 117 cm³/mol. The number of furan rings is 1. The van der Waals surface area contributed by atoms with E-state index in [-0.39, 0.29) is 10.6 Å². The van der Waals surface area contributed by atoms with E-state index in [2.05, 4.69) is 5.10 Å². The van der Waals surface area contributed by atoms with Crippen LogP contribution >= 0.6 is 0 Å². The number of nitro groups is 1. The van der Waals surface area contributed by atoms with E-state index in [0.29, 0.717) is 34.1 Å². The molecule has 2 aromatic carbocycles. The van der Waals surface area contributed by atoms with E-state index < -0.39 is 20.9 Å². The molecule has 10 nitrogen and oxygen atoms in total. The number of hydrazone groups is 1. The number of hydrogen-bond donors (Lipinski definition) is 1. The fraction of sp³-hybridized carbons (Fsp3) is 0.0476. The number of anilines is 1. The number of carbonyl (C=O) groups is 1. The van der Waals surface area contributed by atoms with Crippen molar-refractivity contribution in [2.75, 3.05) is 5.01 Å². The Kier molecular flexibility index (Phi) is 5.20. The molecular weight excluding hydrogens is 436 g/mol. The summed E-state index contributed by atoms with van der Waals surface area (Å²) in [5, 5.41) is 21.3. The van der Waals surface area contributed by atoms with Gasteiger partial charge in [-0.2, -0.15) is 10.1 Å². The van der Waals surface area contributed by atoms with Crippen molar-refractivity contribution >= 4 is 39.1 Å². The van der Waals surface area contributed by atoms with Crippen molar-refractivity contribution in [3.8, 4) is 11.3 Å². The Labute approximate surface area is 182 Å². The minimum Gasteiger partial charge on any atom is -0.457 e. The number of rotatable bonds is 5. The lowest BCUT2D eigenvalue weighted by Crippen LogP contribution is -2.21. The van der Waals surface area contributed by atoms with Gasteiger partial charge in [0.25, 0.3) is 11.6 Å². The van der Waals surface area contributed by atoms with Gasteiger partial charge in [-0.3, -0.25) is 14.9 Å². The molecule has 0 bridgehead atoms. The molecule has 162 valence electrons. The molecule has 0 radical (unpaired) electrons. The second kappa shape index (κ2) is 7.87. The van der Waals surface area contributed by atoms with Crippen LogP contribution in [0.25, 0.3) is 17.4 Å². The van der Waals surface area contributed by atoms with Gasteiger partial charge in [-0.05, 0) is 61.5 Å². The summed E-state index contributed by atoms with van der Waals surface area (Å²) >= 11 is 0. The normalized spacial score (nSPS) is 15.3. The van der Waals surface area contributed by atoms with Crippen molar-refractivity contribution in [1.82, 2.24) is 0 Å². The molecule has 0 atom stereocenters. The van der Waals surface area contributed by atoms with Gasteiger partial charge >= 0.3 is 0 Å². The number of nitro benzene ring substituents is 1. The highest BCUT2D eigenvalue weighted by molar-refractivity contribution is 7.89. The van der Waals surface area contributed by atoms with E-state index in [1.54, 1.807) is 37.3 Å². The van der Waals surface area contributed by atoms with Crippen molar-refractivity contribution in [3.05, 3.63) is 82.1 Å². The van der Waals surface area contributed by atoms with E-state index in [1.165, 1.54) is 36.4 Å². The van der Waals surface area contributed by atoms with Gasteiger partial charge in [-0.25, -0.2) is 13.6 Å². The standard InChI is InChI=1S/C21H16N4O6S/c1-13-19(21(26)24(23-13)15-6-9-18(10-7-15)32(22,29)30)12-17-8-11-20(31-17)14-2-4-16(5-3-14)25(27)28/h2-12H,1H3,(H2,22,29,30)/b19-12+. The highest BCUT2D eigenvalue weighted by Crippen LogP contribution is 2.28. The second-order valence-corrected chi connectivity index (χ2v) is 8.47. The average molecular weight is 452 g/mol. The number of hydrogen-bond acceptors (Lipinski definition) is 7. The van der Waals surface area contributed by atoms with Crippen LogP contribution in [-0.4, -0.2) is 25.0 Å². The maximum absolute atomic E-state index is 12.9. The molecule has 0 unspecified atom stereocenters. The highest BCUT2D eigenvalue weighted by Gasteiger charge is 2.29. The Bertz CT molecular complexity index is 1390. The van der Waals surface area contributed by atoms with Gasteiger partial charge in [0, 0.05) is 17.7 Å². The molecule has 11 heteroatoms. The molecule has 0 spiro atoms. The van der Waals surface area contributed by atoms with E-state index in [4.69, 9.17) is 9.56 Å². The van der Waals surface area contributed by atoms with Crippen molar-refractivity contribution in [2.45, 2.75) is 11.8 Å². The SMILES string of the molecule is CC1=NN(c2ccc(S(N)(=O)=O)cc2)C(=O)/C1=C/c1ccc(-c2ccc([N+](=O)[O-])cc2)o1. The van der Waals surface area contributed by atoms with E-state index >= 15 is 0 Å². The summed E-state index contributed by atoms with van der Waals surface area (Å²) in [5.74, 6) is 0.490. The van der Waals surface area contributed by atoms with Gasteiger partial charge in [-0.15, -0.1) is 0 Å². The molecule has 4 rings (SSSR count). The number of primary sulfonamides is 1. The van der Waals surface area contributed by atoms with Crippen LogP contribution in [0.1, 0.15) is 12.7 Å². The van der Waals surface area contributed by atoms with Crippen LogP contribution in [0, 0.1) is 10.1 Å². The first-order chi connectivity index (χ1) is 15.1. The number of nitrogens with two attached hydrogens (primary N) is 1. The average Bonchev–Trinajstić information content (AvgIpc) is 3.33. The molecular formula is C21H16N4O6S. The van der Waals surface area contributed by atoms with Gasteiger partial charge < -0.3 is 4.42 Å². The molecule has 2 heterocycles. The largest absolute Gasteiger partial charge is 0.457 e. The smallest absolute Gasteiger partial charge is 0.280 e. The summed E-state index contributed by atoms with van der Waals surface area (Å²) in [4.78, 5) is 23.1. The number of carbonyl (C=O) groups excluding carboxylic acids is 1. The quantitative estimate of drug-likeness (QED) is 0.356. The summed E-state index contributed by atoms with van der Waals surface area (Å²) < 4.78 is 28.6. The molecule has 0 saturated heterocycles. The van der Waals surface area contributed by atoms with Crippen molar-refractivity contribution < 1.29 is 22.6 Å². The Hall–Kier alpha value is -4.09. The predicted octanol–water partition coefficient (Wildman–Crippen LogP) is 3.31. The zero-order valence-corrected chi connectivity index (χ0v) is 17.4. The van der Waals surface area contributed by atoms with Crippen LogP contribution in [0.2, 0.25) is 0 Å². The lowest BCUT2D eigenvalue weighted by atomic mass is 10.1. The summed E-state index contributed by atoms with van der Waals surface area (Å²) in [6, 6.07) is 14.8. The third-order valence-electron chi connectivity index (χ3n) is 4.75. The summed E-state index contributed by atoms with van der Waals surface area (Å²) in [5.41, 5.74) is 1.78. The molecule has 1 aliphatic heterocycles. The Morgan fingerprint density at radius 1 is 1.06 bits per heavy atom. The Balaban J connectivity index is 1.57. The maximum Gasteiger partial charge on any atom is 0.280 e. The molecule has 2 N–H and O–H groups in total. The van der Waals surface area contributed by atoms with Crippen LogP contribution in [0.3, 0.4) is 0 Å². The lowest BCUT2D eigenvalue weighted by Gasteiger charge is -2.11. The zero-order chi connectivity index (χ0) is 23.0. The van der Waals surface area contributed by atoms with Gasteiger partial charge in [-0.1, -0.05) is 0 Å². The van der Waals surface area contributed by atoms with E-state index in [0.717, 1.165) is 5.01 Å². The third kappa shape index (κ3) is 4.06. The first kappa shape index (κ1) is 21.2.